The van der Waals surface area contributed by atoms with Gasteiger partial charge in [0, 0.05) is 56.8 Å². The second-order valence-corrected chi connectivity index (χ2v) is 10.7. The molecule has 2 N–H and O–H groups in total. The normalized spacial score (nSPS) is 30.6. The van der Waals surface area contributed by atoms with E-state index in [-0.39, 0.29) is 22.8 Å². The fourth-order valence-electron chi connectivity index (χ4n) is 3.33. The van der Waals surface area contributed by atoms with E-state index in [9.17, 15) is 8.42 Å². The van der Waals surface area contributed by atoms with Crippen LogP contribution in [0, 0.1) is 5.41 Å². The van der Waals surface area contributed by atoms with Gasteiger partial charge in [0.15, 0.2) is 5.96 Å². The lowest BCUT2D eigenvalue weighted by molar-refractivity contribution is -0.176. The third-order valence-corrected chi connectivity index (χ3v) is 8.64. The van der Waals surface area contributed by atoms with Crippen molar-refractivity contribution in [3.05, 3.63) is 0 Å². The van der Waals surface area contributed by atoms with Crippen LogP contribution in [0.15, 0.2) is 4.99 Å². The lowest BCUT2D eigenvalue weighted by Crippen LogP contribution is -2.69. The Balaban J connectivity index is 1.81. The number of nitrogens with zero attached hydrogens (tertiary/aromatic N) is 2. The second-order valence-electron chi connectivity index (χ2n) is 7.38. The van der Waals surface area contributed by atoms with Gasteiger partial charge in [-0.1, -0.05) is 13.8 Å². The van der Waals surface area contributed by atoms with Crippen molar-refractivity contribution in [1.82, 2.24) is 14.9 Å². The van der Waals surface area contributed by atoms with Crippen molar-refractivity contribution in [2.75, 3.05) is 51.1 Å². The number of rotatable bonds is 6. The molecule has 2 unspecified atom stereocenters. The van der Waals surface area contributed by atoms with Gasteiger partial charge in [-0.2, -0.15) is 11.8 Å². The molecule has 2 fully saturated rings. The molecule has 7 nitrogen and oxygen atoms in total. The van der Waals surface area contributed by atoms with Gasteiger partial charge < -0.3 is 15.4 Å². The molecular formula is C16H32N4O3S2. The first kappa shape index (κ1) is 20.8. The van der Waals surface area contributed by atoms with Crippen molar-refractivity contribution >= 4 is 27.7 Å². The zero-order chi connectivity index (χ0) is 18.7. The van der Waals surface area contributed by atoms with E-state index in [2.05, 4.69) is 36.4 Å². The highest BCUT2D eigenvalue weighted by Gasteiger charge is 2.58. The Morgan fingerprint density at radius 1 is 1.32 bits per heavy atom. The lowest BCUT2D eigenvalue weighted by Gasteiger charge is -2.59. The van der Waals surface area contributed by atoms with Crippen LogP contribution in [-0.4, -0.2) is 81.4 Å². The monoisotopic (exact) mass is 392 g/mol. The summed E-state index contributed by atoms with van der Waals surface area (Å²) in [7, 11) is 0.248. The van der Waals surface area contributed by atoms with Crippen LogP contribution in [0.4, 0.5) is 0 Å². The Morgan fingerprint density at radius 2 is 1.96 bits per heavy atom. The molecule has 0 aromatic rings. The van der Waals surface area contributed by atoms with Crippen molar-refractivity contribution in [3.63, 3.8) is 0 Å². The molecule has 25 heavy (non-hydrogen) atoms. The number of thioether (sulfide) groups is 1. The van der Waals surface area contributed by atoms with E-state index >= 15 is 0 Å². The van der Waals surface area contributed by atoms with E-state index in [0.29, 0.717) is 25.6 Å². The topological polar surface area (TPSA) is 83.0 Å². The molecule has 1 saturated carbocycles. The molecule has 1 heterocycles. The van der Waals surface area contributed by atoms with Gasteiger partial charge in [-0.05, 0) is 13.3 Å². The molecule has 0 aromatic carbocycles. The van der Waals surface area contributed by atoms with Crippen LogP contribution in [0.2, 0.25) is 0 Å². The van der Waals surface area contributed by atoms with Crippen molar-refractivity contribution in [2.24, 2.45) is 10.4 Å². The Hall–Kier alpha value is -0.510. The SMILES string of the molecule is CN=C(NCCS(=O)(=O)N1CCSCC1)NC1CC(C)(OC)C1(C)C. The molecule has 0 aromatic heterocycles. The van der Waals surface area contributed by atoms with E-state index in [1.165, 1.54) is 0 Å². The molecule has 2 aliphatic rings. The predicted molar refractivity (Wildman–Crippen MR) is 105 cm³/mol. The van der Waals surface area contributed by atoms with E-state index in [4.69, 9.17) is 4.74 Å². The molecule has 1 aliphatic heterocycles. The molecule has 1 saturated heterocycles. The first-order valence-electron chi connectivity index (χ1n) is 8.74. The number of guanidine groups is 1. The van der Waals surface area contributed by atoms with Crippen molar-refractivity contribution in [3.8, 4) is 0 Å². The minimum Gasteiger partial charge on any atom is -0.378 e. The van der Waals surface area contributed by atoms with Crippen LogP contribution in [0.5, 0.6) is 0 Å². The van der Waals surface area contributed by atoms with Crippen LogP contribution >= 0.6 is 11.8 Å². The van der Waals surface area contributed by atoms with Gasteiger partial charge in [-0.25, -0.2) is 12.7 Å². The first-order chi connectivity index (χ1) is 11.7. The number of nitrogens with one attached hydrogen (secondary N) is 2. The van der Waals surface area contributed by atoms with Gasteiger partial charge in [0.25, 0.3) is 0 Å². The molecule has 2 rings (SSSR count). The summed E-state index contributed by atoms with van der Waals surface area (Å²) in [6.07, 6.45) is 0.890. The first-order valence-corrected chi connectivity index (χ1v) is 11.5. The van der Waals surface area contributed by atoms with Gasteiger partial charge in [0.05, 0.1) is 11.4 Å². The van der Waals surface area contributed by atoms with Crippen molar-refractivity contribution < 1.29 is 13.2 Å². The van der Waals surface area contributed by atoms with E-state index in [1.807, 2.05) is 0 Å². The number of sulfonamides is 1. The van der Waals surface area contributed by atoms with Gasteiger partial charge in [-0.3, -0.25) is 4.99 Å². The van der Waals surface area contributed by atoms with Gasteiger partial charge in [0.1, 0.15) is 0 Å². The number of aliphatic imine (C=N–C) groups is 1. The van der Waals surface area contributed by atoms with Crippen LogP contribution in [-0.2, 0) is 14.8 Å². The molecular weight excluding hydrogens is 360 g/mol. The summed E-state index contributed by atoms with van der Waals surface area (Å²) in [6.45, 7) is 8.04. The molecule has 146 valence electrons. The fraction of sp³-hybridized carbons (Fsp3) is 0.938. The maximum atomic E-state index is 12.4. The highest BCUT2D eigenvalue weighted by Crippen LogP contribution is 2.51. The maximum absolute atomic E-state index is 12.4. The summed E-state index contributed by atoms with van der Waals surface area (Å²) in [4.78, 5) is 4.22. The summed E-state index contributed by atoms with van der Waals surface area (Å²) in [6, 6.07) is 0.236. The van der Waals surface area contributed by atoms with Gasteiger partial charge >= 0.3 is 0 Å². The Bertz CT molecular complexity index is 588. The molecule has 9 heteroatoms. The van der Waals surface area contributed by atoms with Crippen molar-refractivity contribution in [1.29, 1.82) is 0 Å². The van der Waals surface area contributed by atoms with Gasteiger partial charge in [0.2, 0.25) is 10.0 Å². The average molecular weight is 393 g/mol. The summed E-state index contributed by atoms with van der Waals surface area (Å²) < 4.78 is 32.0. The maximum Gasteiger partial charge on any atom is 0.215 e. The summed E-state index contributed by atoms with van der Waals surface area (Å²) in [5.41, 5.74) is -0.184. The number of hydrogen-bond acceptors (Lipinski definition) is 5. The molecule has 0 bridgehead atoms. The number of methoxy groups -OCH3 is 1. The largest absolute Gasteiger partial charge is 0.378 e. The molecule has 0 radical (unpaired) electrons. The molecule has 2 atom stereocenters. The molecule has 0 spiro atoms. The second kappa shape index (κ2) is 8.02. The smallest absolute Gasteiger partial charge is 0.215 e. The number of hydrogen-bond donors (Lipinski definition) is 2. The fourth-order valence-corrected chi connectivity index (χ4v) is 5.83. The minimum absolute atomic E-state index is 0.0308. The zero-order valence-corrected chi connectivity index (χ0v) is 17.6. The lowest BCUT2D eigenvalue weighted by atomic mass is 9.56. The Labute approximate surface area is 156 Å². The van der Waals surface area contributed by atoms with Crippen LogP contribution < -0.4 is 10.6 Å². The van der Waals surface area contributed by atoms with Crippen LogP contribution in [0.1, 0.15) is 27.2 Å². The van der Waals surface area contributed by atoms with E-state index < -0.39 is 10.0 Å². The standard InChI is InChI=1S/C16H32N4O3S2/c1-15(2)13(12-16(15,3)23-5)19-14(17-4)18-6-11-25(21,22)20-7-9-24-10-8-20/h13H,6-12H2,1-5H3,(H2,17,18,19). The third-order valence-electron chi connectivity index (χ3n) is 5.83. The third kappa shape index (κ3) is 4.43. The highest BCUT2D eigenvalue weighted by atomic mass is 32.2. The quantitative estimate of drug-likeness (QED) is 0.512. The minimum atomic E-state index is -3.20. The summed E-state index contributed by atoms with van der Waals surface area (Å²) in [5, 5.41) is 6.53. The van der Waals surface area contributed by atoms with Crippen LogP contribution in [0.3, 0.4) is 0 Å². The molecule has 0 amide bonds. The zero-order valence-electron chi connectivity index (χ0n) is 16.0. The Morgan fingerprint density at radius 3 is 2.48 bits per heavy atom. The highest BCUT2D eigenvalue weighted by molar-refractivity contribution is 7.99. The van der Waals surface area contributed by atoms with Crippen molar-refractivity contribution in [2.45, 2.75) is 38.8 Å². The summed E-state index contributed by atoms with van der Waals surface area (Å²) in [5.74, 6) is 2.48. The van der Waals surface area contributed by atoms with E-state index in [1.54, 1.807) is 30.2 Å². The van der Waals surface area contributed by atoms with Crippen LogP contribution in [0.25, 0.3) is 0 Å². The molecule has 1 aliphatic carbocycles. The number of ether oxygens (including phenoxy) is 1. The predicted octanol–water partition coefficient (Wildman–Crippen LogP) is 0.734. The summed E-state index contributed by atoms with van der Waals surface area (Å²) >= 11 is 1.80. The van der Waals surface area contributed by atoms with Gasteiger partial charge in [-0.15, -0.1) is 0 Å². The average Bonchev–Trinajstić information content (AvgIpc) is 2.60. The van der Waals surface area contributed by atoms with E-state index in [0.717, 1.165) is 17.9 Å². The Kier molecular flexibility index (Phi) is 6.67.